The second kappa shape index (κ2) is 5.71. The smallest absolute Gasteiger partial charge is 0.268 e. The van der Waals surface area contributed by atoms with Crippen LogP contribution in [0.25, 0.3) is 0 Å². The molecule has 2 rings (SSSR count). The lowest BCUT2D eigenvalue weighted by atomic mass is 10.1. The van der Waals surface area contributed by atoms with Gasteiger partial charge >= 0.3 is 0 Å². The number of fused-ring (bicyclic) bond motifs is 1. The van der Waals surface area contributed by atoms with Crippen molar-refractivity contribution in [2.24, 2.45) is 0 Å². The van der Waals surface area contributed by atoms with Crippen LogP contribution in [0.2, 0.25) is 0 Å². The summed E-state index contributed by atoms with van der Waals surface area (Å²) in [6.45, 7) is 7.90. The van der Waals surface area contributed by atoms with Gasteiger partial charge in [-0.3, -0.25) is 4.79 Å². The second-order valence-corrected chi connectivity index (χ2v) is 5.10. The Bertz CT molecular complexity index is 513. The van der Waals surface area contributed by atoms with Crippen LogP contribution >= 0.6 is 0 Å². The van der Waals surface area contributed by atoms with Gasteiger partial charge < -0.3 is 19.5 Å². The summed E-state index contributed by atoms with van der Waals surface area (Å²) in [6, 6.07) is 3.54. The molecule has 1 N–H and O–H groups in total. The first-order chi connectivity index (χ1) is 9.49. The van der Waals surface area contributed by atoms with Gasteiger partial charge in [0.15, 0.2) is 17.6 Å². The summed E-state index contributed by atoms with van der Waals surface area (Å²) in [5.41, 5.74) is 1.36. The topological polar surface area (TPSA) is 59.0 Å². The van der Waals surface area contributed by atoms with E-state index in [4.69, 9.17) is 9.47 Å². The number of ether oxygens (including phenoxy) is 2. The molecule has 5 heteroatoms. The number of benzene rings is 1. The minimum atomic E-state index is -0.538. The summed E-state index contributed by atoms with van der Waals surface area (Å²) >= 11 is 0. The molecule has 0 saturated heterocycles. The second-order valence-electron chi connectivity index (χ2n) is 5.10. The molecule has 0 saturated carbocycles. The SMILES string of the molecule is CCOc1cc(CO)cc2c1OC(C)C(=O)N2C(C)C. The molecule has 0 spiro atoms. The van der Waals surface area contributed by atoms with Crippen molar-refractivity contribution in [1.29, 1.82) is 0 Å². The molecule has 0 aromatic heterocycles. The fourth-order valence-electron chi connectivity index (χ4n) is 2.37. The Morgan fingerprint density at radius 2 is 2.15 bits per heavy atom. The van der Waals surface area contributed by atoms with Crippen LogP contribution in [-0.4, -0.2) is 29.8 Å². The highest BCUT2D eigenvalue weighted by Gasteiger charge is 2.35. The molecule has 0 radical (unpaired) electrons. The standard InChI is InChI=1S/C15H21NO4/c1-5-19-13-7-11(8-17)6-12-14(13)20-10(4)15(18)16(12)9(2)3/h6-7,9-10,17H,5,8H2,1-4H3. The lowest BCUT2D eigenvalue weighted by molar-refractivity contribution is -0.126. The predicted octanol–water partition coefficient (Wildman–Crippen LogP) is 2.10. The van der Waals surface area contributed by atoms with E-state index < -0.39 is 6.10 Å². The first-order valence-corrected chi connectivity index (χ1v) is 6.89. The van der Waals surface area contributed by atoms with Gasteiger partial charge in [0.25, 0.3) is 5.91 Å². The maximum Gasteiger partial charge on any atom is 0.268 e. The third-order valence-corrected chi connectivity index (χ3v) is 3.23. The number of carbonyl (C=O) groups is 1. The Morgan fingerprint density at radius 3 is 2.70 bits per heavy atom. The maximum atomic E-state index is 12.3. The van der Waals surface area contributed by atoms with Gasteiger partial charge in [-0.05, 0) is 45.4 Å². The molecule has 1 heterocycles. The van der Waals surface area contributed by atoms with Crippen molar-refractivity contribution in [2.45, 2.75) is 46.4 Å². The number of amides is 1. The van der Waals surface area contributed by atoms with Gasteiger partial charge in [0.2, 0.25) is 0 Å². The molecule has 20 heavy (non-hydrogen) atoms. The van der Waals surface area contributed by atoms with Gasteiger partial charge in [-0.1, -0.05) is 0 Å². The molecule has 110 valence electrons. The number of anilines is 1. The van der Waals surface area contributed by atoms with E-state index in [1.165, 1.54) is 0 Å². The predicted molar refractivity (Wildman–Crippen MR) is 76.2 cm³/mol. The van der Waals surface area contributed by atoms with Crippen LogP contribution < -0.4 is 14.4 Å². The van der Waals surface area contributed by atoms with Crippen molar-refractivity contribution in [2.75, 3.05) is 11.5 Å². The van der Waals surface area contributed by atoms with E-state index in [1.54, 1.807) is 24.0 Å². The van der Waals surface area contributed by atoms with E-state index in [-0.39, 0.29) is 18.6 Å². The molecular formula is C15H21NO4. The summed E-state index contributed by atoms with van der Waals surface area (Å²) in [4.78, 5) is 14.0. The third kappa shape index (κ3) is 2.45. The average Bonchev–Trinajstić information content (AvgIpc) is 2.40. The number of nitrogens with zero attached hydrogens (tertiary/aromatic N) is 1. The maximum absolute atomic E-state index is 12.3. The lowest BCUT2D eigenvalue weighted by Gasteiger charge is -2.36. The normalized spacial score (nSPS) is 18.0. The Kier molecular flexibility index (Phi) is 4.18. The minimum absolute atomic E-state index is 0.0102. The number of aliphatic hydroxyl groups is 1. The number of aliphatic hydroxyl groups excluding tert-OH is 1. The summed E-state index contributed by atoms with van der Waals surface area (Å²) in [5, 5.41) is 9.37. The monoisotopic (exact) mass is 279 g/mol. The molecule has 1 atom stereocenters. The van der Waals surface area contributed by atoms with E-state index in [2.05, 4.69) is 0 Å². The molecule has 1 aromatic carbocycles. The van der Waals surface area contributed by atoms with E-state index in [1.807, 2.05) is 20.8 Å². The van der Waals surface area contributed by atoms with E-state index in [0.717, 1.165) is 0 Å². The Morgan fingerprint density at radius 1 is 1.45 bits per heavy atom. The van der Waals surface area contributed by atoms with Crippen LogP contribution in [0.15, 0.2) is 12.1 Å². The Hall–Kier alpha value is -1.75. The van der Waals surface area contributed by atoms with Crippen LogP contribution in [0.3, 0.4) is 0 Å². The zero-order valence-corrected chi connectivity index (χ0v) is 12.3. The van der Waals surface area contributed by atoms with Crippen LogP contribution in [0.1, 0.15) is 33.3 Å². The van der Waals surface area contributed by atoms with Crippen LogP contribution in [0, 0.1) is 0 Å². The number of hydrogen-bond donors (Lipinski definition) is 1. The Labute approximate surface area is 119 Å². The highest BCUT2D eigenvalue weighted by molar-refractivity contribution is 6.01. The summed E-state index contributed by atoms with van der Waals surface area (Å²) in [5.74, 6) is 1.06. The van der Waals surface area contributed by atoms with Gasteiger partial charge in [0.05, 0.1) is 18.9 Å². The average molecular weight is 279 g/mol. The zero-order valence-electron chi connectivity index (χ0n) is 12.3. The van der Waals surface area contributed by atoms with Crippen molar-refractivity contribution in [3.63, 3.8) is 0 Å². The van der Waals surface area contributed by atoms with Gasteiger partial charge in [-0.15, -0.1) is 0 Å². The van der Waals surface area contributed by atoms with Crippen molar-refractivity contribution in [1.82, 2.24) is 0 Å². The van der Waals surface area contributed by atoms with Crippen molar-refractivity contribution < 1.29 is 19.4 Å². The molecule has 1 unspecified atom stereocenters. The van der Waals surface area contributed by atoms with Crippen molar-refractivity contribution >= 4 is 11.6 Å². The molecule has 5 nitrogen and oxygen atoms in total. The highest BCUT2D eigenvalue weighted by atomic mass is 16.5. The molecule has 1 aliphatic rings. The number of rotatable bonds is 4. The largest absolute Gasteiger partial charge is 0.490 e. The van der Waals surface area contributed by atoms with Crippen LogP contribution in [-0.2, 0) is 11.4 Å². The molecule has 0 fully saturated rings. The molecule has 1 aliphatic heterocycles. The zero-order chi connectivity index (χ0) is 14.9. The molecule has 1 aromatic rings. The van der Waals surface area contributed by atoms with Gasteiger partial charge in [-0.25, -0.2) is 0 Å². The van der Waals surface area contributed by atoms with Gasteiger partial charge in [-0.2, -0.15) is 0 Å². The summed E-state index contributed by atoms with van der Waals surface area (Å²) < 4.78 is 11.3. The molecule has 0 bridgehead atoms. The quantitative estimate of drug-likeness (QED) is 0.917. The fourth-order valence-corrected chi connectivity index (χ4v) is 2.37. The van der Waals surface area contributed by atoms with Gasteiger partial charge in [0, 0.05) is 6.04 Å². The number of hydrogen-bond acceptors (Lipinski definition) is 4. The first-order valence-electron chi connectivity index (χ1n) is 6.89. The molecule has 0 aliphatic carbocycles. The lowest BCUT2D eigenvalue weighted by Crippen LogP contribution is -2.48. The molecule has 1 amide bonds. The number of carbonyl (C=O) groups excluding carboxylic acids is 1. The van der Waals surface area contributed by atoms with Gasteiger partial charge in [0.1, 0.15) is 0 Å². The van der Waals surface area contributed by atoms with Crippen molar-refractivity contribution in [3.05, 3.63) is 17.7 Å². The van der Waals surface area contributed by atoms with Crippen LogP contribution in [0.5, 0.6) is 11.5 Å². The Balaban J connectivity index is 2.60. The third-order valence-electron chi connectivity index (χ3n) is 3.23. The van der Waals surface area contributed by atoms with E-state index in [9.17, 15) is 9.90 Å². The summed E-state index contributed by atoms with van der Waals surface area (Å²) in [7, 11) is 0. The minimum Gasteiger partial charge on any atom is -0.490 e. The molecular weight excluding hydrogens is 258 g/mol. The fraction of sp³-hybridized carbons (Fsp3) is 0.533. The van der Waals surface area contributed by atoms with E-state index >= 15 is 0 Å². The van der Waals surface area contributed by atoms with Crippen LogP contribution in [0.4, 0.5) is 5.69 Å². The first kappa shape index (κ1) is 14.7. The highest BCUT2D eigenvalue weighted by Crippen LogP contribution is 2.43. The van der Waals surface area contributed by atoms with Crippen molar-refractivity contribution in [3.8, 4) is 11.5 Å². The van der Waals surface area contributed by atoms with E-state index in [0.29, 0.717) is 29.4 Å². The summed E-state index contributed by atoms with van der Waals surface area (Å²) in [6.07, 6.45) is -0.538.